The molecule has 0 atom stereocenters. The quantitative estimate of drug-likeness (QED) is 0.407. The molecule has 0 amide bonds. The van der Waals surface area contributed by atoms with Crippen LogP contribution in [0.3, 0.4) is 0 Å². The third kappa shape index (κ3) is 3.66. The van der Waals surface area contributed by atoms with Crippen molar-refractivity contribution in [1.29, 1.82) is 0 Å². The first kappa shape index (κ1) is 16.6. The Hall–Kier alpha value is -3.21. The molecule has 0 saturated carbocycles. The van der Waals surface area contributed by atoms with Crippen LogP contribution in [0.15, 0.2) is 65.9 Å². The van der Waals surface area contributed by atoms with Crippen LogP contribution in [-0.2, 0) is 0 Å². The number of aromatic nitrogens is 2. The highest BCUT2D eigenvalue weighted by molar-refractivity contribution is 6.11. The summed E-state index contributed by atoms with van der Waals surface area (Å²) < 4.78 is 1.79. The third-order valence-electron chi connectivity index (χ3n) is 3.72. The van der Waals surface area contributed by atoms with Crippen molar-refractivity contribution in [3.8, 4) is 5.69 Å². The van der Waals surface area contributed by atoms with Gasteiger partial charge in [-0.15, -0.1) is 0 Å². The van der Waals surface area contributed by atoms with Gasteiger partial charge in [0.05, 0.1) is 6.34 Å². The van der Waals surface area contributed by atoms with E-state index in [1.165, 1.54) is 0 Å². The van der Waals surface area contributed by atoms with Crippen LogP contribution >= 0.6 is 0 Å². The highest BCUT2D eigenvalue weighted by Gasteiger charge is 2.20. The Kier molecular flexibility index (Phi) is 4.75. The van der Waals surface area contributed by atoms with E-state index in [9.17, 15) is 4.79 Å². The number of aliphatic imine (C=N–C) groups is 1. The molecule has 0 fully saturated rings. The summed E-state index contributed by atoms with van der Waals surface area (Å²) in [6.07, 6.45) is 3.28. The predicted octanol–water partition coefficient (Wildman–Crippen LogP) is 3.63. The summed E-state index contributed by atoms with van der Waals surface area (Å²) >= 11 is 0. The number of hydrogen-bond acceptors (Lipinski definition) is 3. The van der Waals surface area contributed by atoms with Crippen molar-refractivity contribution in [2.45, 2.75) is 6.92 Å². The molecule has 2 aromatic carbocycles. The average molecular weight is 332 g/mol. The van der Waals surface area contributed by atoms with E-state index in [1.807, 2.05) is 68.4 Å². The molecular weight excluding hydrogens is 312 g/mol. The van der Waals surface area contributed by atoms with Gasteiger partial charge < -0.3 is 4.90 Å². The van der Waals surface area contributed by atoms with Crippen molar-refractivity contribution in [2.75, 3.05) is 14.1 Å². The third-order valence-corrected chi connectivity index (χ3v) is 3.72. The molecule has 0 aliphatic rings. The number of rotatable bonds is 5. The summed E-state index contributed by atoms with van der Waals surface area (Å²) in [4.78, 5) is 23.6. The van der Waals surface area contributed by atoms with Crippen LogP contribution in [0.25, 0.3) is 5.69 Å². The highest BCUT2D eigenvalue weighted by Crippen LogP contribution is 2.24. The lowest BCUT2D eigenvalue weighted by Gasteiger charge is -2.09. The fourth-order valence-electron chi connectivity index (χ4n) is 2.44. The van der Waals surface area contributed by atoms with Gasteiger partial charge in [-0.3, -0.25) is 9.36 Å². The molecule has 0 saturated heterocycles. The maximum Gasteiger partial charge on any atom is 0.213 e. The number of hydrogen-bond donors (Lipinski definition) is 0. The molecule has 0 aliphatic heterocycles. The SMILES string of the molecule is Cc1ccc(-n2cnc(/N=C/N(C)C)c2C(=O)c2ccccc2)cc1. The van der Waals surface area contributed by atoms with Crippen molar-refractivity contribution in [2.24, 2.45) is 4.99 Å². The van der Waals surface area contributed by atoms with Gasteiger partial charge in [0.2, 0.25) is 5.78 Å². The number of nitrogens with zero attached hydrogens (tertiary/aromatic N) is 4. The van der Waals surface area contributed by atoms with Crippen molar-refractivity contribution in [3.05, 3.63) is 77.7 Å². The Bertz CT molecular complexity index is 893. The Labute approximate surface area is 147 Å². The molecule has 5 heteroatoms. The van der Waals surface area contributed by atoms with Gasteiger partial charge in [0.15, 0.2) is 5.82 Å². The van der Waals surface area contributed by atoms with Crippen LogP contribution in [-0.4, -0.2) is 40.7 Å². The zero-order chi connectivity index (χ0) is 17.8. The Morgan fingerprint density at radius 3 is 2.40 bits per heavy atom. The van der Waals surface area contributed by atoms with E-state index >= 15 is 0 Å². The number of carbonyl (C=O) groups excluding carboxylic acids is 1. The monoisotopic (exact) mass is 332 g/mol. The molecule has 0 spiro atoms. The van der Waals surface area contributed by atoms with Gasteiger partial charge in [-0.2, -0.15) is 0 Å². The molecule has 1 heterocycles. The summed E-state index contributed by atoms with van der Waals surface area (Å²) in [5.41, 5.74) is 3.10. The fraction of sp³-hybridized carbons (Fsp3) is 0.150. The second kappa shape index (κ2) is 7.13. The van der Waals surface area contributed by atoms with Crippen LogP contribution in [0.5, 0.6) is 0 Å². The van der Waals surface area contributed by atoms with Crippen molar-refractivity contribution in [1.82, 2.24) is 14.5 Å². The molecule has 3 rings (SSSR count). The van der Waals surface area contributed by atoms with Gasteiger partial charge in [0.25, 0.3) is 0 Å². The first-order valence-corrected chi connectivity index (χ1v) is 8.01. The predicted molar refractivity (Wildman–Crippen MR) is 100 cm³/mol. The van der Waals surface area contributed by atoms with Crippen LogP contribution in [0.2, 0.25) is 0 Å². The molecule has 126 valence electrons. The number of benzene rings is 2. The molecular formula is C20H20N4O. The number of aryl methyl sites for hydroxylation is 1. The van der Waals surface area contributed by atoms with E-state index in [0.29, 0.717) is 17.1 Å². The van der Waals surface area contributed by atoms with E-state index in [0.717, 1.165) is 11.3 Å². The average Bonchev–Trinajstić information content (AvgIpc) is 3.04. The van der Waals surface area contributed by atoms with Gasteiger partial charge >= 0.3 is 0 Å². The van der Waals surface area contributed by atoms with Gasteiger partial charge in [-0.05, 0) is 19.1 Å². The van der Waals surface area contributed by atoms with E-state index in [1.54, 1.807) is 29.4 Å². The summed E-state index contributed by atoms with van der Waals surface area (Å²) in [5.74, 6) is 0.299. The normalized spacial score (nSPS) is 11.0. The van der Waals surface area contributed by atoms with Crippen LogP contribution in [0.4, 0.5) is 5.82 Å². The largest absolute Gasteiger partial charge is 0.369 e. The Morgan fingerprint density at radius 1 is 1.08 bits per heavy atom. The lowest BCUT2D eigenvalue weighted by Crippen LogP contribution is -2.10. The molecule has 0 aliphatic carbocycles. The second-order valence-corrected chi connectivity index (χ2v) is 6.03. The molecule has 1 aromatic heterocycles. The smallest absolute Gasteiger partial charge is 0.213 e. The van der Waals surface area contributed by atoms with Gasteiger partial charge in [0, 0.05) is 25.3 Å². The van der Waals surface area contributed by atoms with Crippen LogP contribution < -0.4 is 0 Å². The van der Waals surface area contributed by atoms with E-state index < -0.39 is 0 Å². The van der Waals surface area contributed by atoms with Gasteiger partial charge in [-0.1, -0.05) is 48.0 Å². The van der Waals surface area contributed by atoms with E-state index in [-0.39, 0.29) is 5.78 Å². The molecule has 0 bridgehead atoms. The van der Waals surface area contributed by atoms with Crippen molar-refractivity contribution in [3.63, 3.8) is 0 Å². The maximum absolute atomic E-state index is 13.1. The van der Waals surface area contributed by atoms with E-state index in [2.05, 4.69) is 9.98 Å². The van der Waals surface area contributed by atoms with Crippen molar-refractivity contribution >= 4 is 17.9 Å². The number of imidazole rings is 1. The second-order valence-electron chi connectivity index (χ2n) is 6.03. The lowest BCUT2D eigenvalue weighted by atomic mass is 10.1. The standard InChI is InChI=1S/C20H20N4O/c1-15-9-11-17(12-10-15)24-14-22-20(21-13-23(2)3)18(24)19(25)16-7-5-4-6-8-16/h4-14H,1-3H3/b21-13+. The van der Waals surface area contributed by atoms with Gasteiger partial charge in [0.1, 0.15) is 12.0 Å². The number of ketones is 1. The summed E-state index contributed by atoms with van der Waals surface area (Å²) in [5, 5.41) is 0. The zero-order valence-corrected chi connectivity index (χ0v) is 14.5. The molecule has 0 N–H and O–H groups in total. The Morgan fingerprint density at radius 2 is 1.76 bits per heavy atom. The minimum absolute atomic E-state index is 0.107. The van der Waals surface area contributed by atoms with Crippen LogP contribution in [0, 0.1) is 6.92 Å². The molecule has 0 unspecified atom stereocenters. The van der Waals surface area contributed by atoms with Crippen molar-refractivity contribution < 1.29 is 4.79 Å². The lowest BCUT2D eigenvalue weighted by molar-refractivity contribution is 0.103. The van der Waals surface area contributed by atoms with Gasteiger partial charge in [-0.25, -0.2) is 9.98 Å². The summed E-state index contributed by atoms with van der Waals surface area (Å²) in [6.45, 7) is 2.03. The molecule has 5 nitrogen and oxygen atoms in total. The topological polar surface area (TPSA) is 50.5 Å². The molecule has 25 heavy (non-hydrogen) atoms. The zero-order valence-electron chi connectivity index (χ0n) is 14.5. The Balaban J connectivity index is 2.13. The molecule has 0 radical (unpaired) electrons. The summed E-state index contributed by atoms with van der Waals surface area (Å²) in [7, 11) is 3.75. The minimum atomic E-state index is -0.107. The minimum Gasteiger partial charge on any atom is -0.369 e. The first-order valence-electron chi connectivity index (χ1n) is 8.01. The first-order chi connectivity index (χ1) is 12.1. The van der Waals surface area contributed by atoms with E-state index in [4.69, 9.17) is 0 Å². The molecule has 3 aromatic rings. The van der Waals surface area contributed by atoms with Crippen LogP contribution in [0.1, 0.15) is 21.6 Å². The number of carbonyl (C=O) groups is 1. The maximum atomic E-state index is 13.1. The highest BCUT2D eigenvalue weighted by atomic mass is 16.1. The summed E-state index contributed by atoms with van der Waals surface area (Å²) in [6, 6.07) is 17.1. The fourth-order valence-corrected chi connectivity index (χ4v) is 2.44.